The third kappa shape index (κ3) is 3.67. The number of aromatic amines is 1. The molecular formula is C17H23FN4O2. The molecule has 1 fully saturated rings. The van der Waals surface area contributed by atoms with Crippen molar-refractivity contribution < 1.29 is 13.9 Å². The number of fused-ring (bicyclic) bond motifs is 1. The largest absolute Gasteiger partial charge is 0.365 e. The van der Waals surface area contributed by atoms with Gasteiger partial charge in [0.05, 0.1) is 24.1 Å². The molecule has 6 nitrogen and oxygen atoms in total. The summed E-state index contributed by atoms with van der Waals surface area (Å²) >= 11 is 0. The van der Waals surface area contributed by atoms with E-state index in [9.17, 15) is 9.18 Å². The molecule has 2 amide bonds. The van der Waals surface area contributed by atoms with Gasteiger partial charge in [0.15, 0.2) is 0 Å². The predicted octanol–water partition coefficient (Wildman–Crippen LogP) is 2.53. The number of alkyl halides is 1. The lowest BCUT2D eigenvalue weighted by Gasteiger charge is -2.18. The molecule has 0 saturated carbocycles. The SMILES string of the molecule is Cc1ccc2nc(CO[C@H]3CN(C(=O)NC(C)C)C[C@H]3F)[nH]c2c1. The van der Waals surface area contributed by atoms with Crippen molar-refractivity contribution in [2.24, 2.45) is 0 Å². The fourth-order valence-corrected chi connectivity index (χ4v) is 2.83. The summed E-state index contributed by atoms with van der Waals surface area (Å²) in [5.41, 5.74) is 2.94. The first-order chi connectivity index (χ1) is 11.4. The van der Waals surface area contributed by atoms with E-state index in [1.807, 2.05) is 39.0 Å². The summed E-state index contributed by atoms with van der Waals surface area (Å²) in [7, 11) is 0. The minimum Gasteiger partial charge on any atom is -0.365 e. The van der Waals surface area contributed by atoms with Crippen LogP contribution in [-0.4, -0.2) is 52.3 Å². The number of hydrogen-bond donors (Lipinski definition) is 2. The molecule has 2 heterocycles. The Balaban J connectivity index is 1.58. The molecule has 0 bridgehead atoms. The van der Waals surface area contributed by atoms with E-state index in [0.717, 1.165) is 16.6 Å². The van der Waals surface area contributed by atoms with Crippen LogP contribution >= 0.6 is 0 Å². The maximum Gasteiger partial charge on any atom is 0.317 e. The summed E-state index contributed by atoms with van der Waals surface area (Å²) in [5.74, 6) is 0.660. The molecule has 1 aliphatic rings. The van der Waals surface area contributed by atoms with Crippen molar-refractivity contribution in [3.05, 3.63) is 29.6 Å². The predicted molar refractivity (Wildman–Crippen MR) is 89.5 cm³/mol. The third-order valence-corrected chi connectivity index (χ3v) is 4.02. The highest BCUT2D eigenvalue weighted by molar-refractivity contribution is 5.76. The lowest BCUT2D eigenvalue weighted by atomic mass is 10.2. The Labute approximate surface area is 140 Å². The molecule has 7 heteroatoms. The number of aryl methyl sites for hydroxylation is 1. The van der Waals surface area contributed by atoms with Gasteiger partial charge in [0.25, 0.3) is 0 Å². The van der Waals surface area contributed by atoms with Crippen LogP contribution in [0.5, 0.6) is 0 Å². The number of ether oxygens (including phenoxy) is 1. The van der Waals surface area contributed by atoms with Crippen molar-refractivity contribution >= 4 is 17.1 Å². The molecule has 0 spiro atoms. The van der Waals surface area contributed by atoms with Crippen molar-refractivity contribution in [1.29, 1.82) is 0 Å². The molecule has 1 saturated heterocycles. The van der Waals surface area contributed by atoms with E-state index in [2.05, 4.69) is 15.3 Å². The van der Waals surface area contributed by atoms with Gasteiger partial charge in [-0.1, -0.05) is 6.07 Å². The summed E-state index contributed by atoms with van der Waals surface area (Å²) in [5, 5.41) is 2.77. The van der Waals surface area contributed by atoms with Gasteiger partial charge in [0.2, 0.25) is 0 Å². The molecule has 24 heavy (non-hydrogen) atoms. The number of nitrogens with one attached hydrogen (secondary N) is 2. The number of halogens is 1. The molecule has 0 aliphatic carbocycles. The number of urea groups is 1. The fraction of sp³-hybridized carbons (Fsp3) is 0.529. The van der Waals surface area contributed by atoms with E-state index in [1.54, 1.807) is 0 Å². The van der Waals surface area contributed by atoms with Gasteiger partial charge in [-0.15, -0.1) is 0 Å². The zero-order valence-corrected chi connectivity index (χ0v) is 14.2. The molecule has 0 radical (unpaired) electrons. The van der Waals surface area contributed by atoms with Crippen molar-refractivity contribution in [3.63, 3.8) is 0 Å². The maximum atomic E-state index is 14.1. The van der Waals surface area contributed by atoms with Crippen LogP contribution in [-0.2, 0) is 11.3 Å². The monoisotopic (exact) mass is 334 g/mol. The summed E-state index contributed by atoms with van der Waals surface area (Å²) in [6.45, 7) is 6.26. The van der Waals surface area contributed by atoms with Crippen molar-refractivity contribution in [3.8, 4) is 0 Å². The number of hydrogen-bond acceptors (Lipinski definition) is 3. The van der Waals surface area contributed by atoms with Gasteiger partial charge in [-0.2, -0.15) is 0 Å². The van der Waals surface area contributed by atoms with Crippen molar-refractivity contribution in [2.45, 2.75) is 45.7 Å². The average molecular weight is 334 g/mol. The zero-order chi connectivity index (χ0) is 17.3. The second-order valence-electron chi connectivity index (χ2n) is 6.58. The number of rotatable bonds is 4. The Kier molecular flexibility index (Phi) is 4.71. The molecule has 1 aliphatic heterocycles. The molecule has 1 aromatic heterocycles. The number of likely N-dealkylation sites (tertiary alicyclic amines) is 1. The maximum absolute atomic E-state index is 14.1. The first kappa shape index (κ1) is 16.7. The number of nitrogens with zero attached hydrogens (tertiary/aromatic N) is 2. The smallest absolute Gasteiger partial charge is 0.317 e. The summed E-state index contributed by atoms with van der Waals surface area (Å²) in [6, 6.07) is 5.72. The molecule has 2 atom stereocenters. The van der Waals surface area contributed by atoms with Crippen molar-refractivity contribution in [2.75, 3.05) is 13.1 Å². The van der Waals surface area contributed by atoms with Gasteiger partial charge in [-0.25, -0.2) is 14.2 Å². The van der Waals surface area contributed by atoms with Gasteiger partial charge in [-0.05, 0) is 38.5 Å². The lowest BCUT2D eigenvalue weighted by Crippen LogP contribution is -2.42. The number of carbonyl (C=O) groups is 1. The Bertz CT molecular complexity index is 730. The first-order valence-corrected chi connectivity index (χ1v) is 8.18. The van der Waals surface area contributed by atoms with Gasteiger partial charge >= 0.3 is 6.03 Å². The molecule has 2 aromatic rings. The van der Waals surface area contributed by atoms with Crippen LogP contribution in [0.25, 0.3) is 11.0 Å². The molecule has 1 aromatic carbocycles. The number of benzene rings is 1. The van der Waals surface area contributed by atoms with Gasteiger partial charge in [0.1, 0.15) is 24.7 Å². The molecule has 0 unspecified atom stereocenters. The molecule has 2 N–H and O–H groups in total. The van der Waals surface area contributed by atoms with Crippen LogP contribution in [0.1, 0.15) is 25.2 Å². The van der Waals surface area contributed by atoms with E-state index in [0.29, 0.717) is 5.82 Å². The van der Waals surface area contributed by atoms with Crippen LogP contribution < -0.4 is 5.32 Å². The van der Waals surface area contributed by atoms with E-state index < -0.39 is 12.3 Å². The minimum atomic E-state index is -1.19. The van der Waals surface area contributed by atoms with E-state index in [-0.39, 0.29) is 31.8 Å². The van der Waals surface area contributed by atoms with E-state index >= 15 is 0 Å². The van der Waals surface area contributed by atoms with Crippen LogP contribution in [0, 0.1) is 6.92 Å². The molecular weight excluding hydrogens is 311 g/mol. The second-order valence-corrected chi connectivity index (χ2v) is 6.58. The standard InChI is InChI=1S/C17H23FN4O2/c1-10(2)19-17(23)22-7-12(18)15(8-22)24-9-16-20-13-5-4-11(3)6-14(13)21-16/h4-6,10,12,15H,7-9H2,1-3H3,(H,19,23)(H,20,21)/t12-,15+/m1/s1. The first-order valence-electron chi connectivity index (χ1n) is 8.18. The van der Waals surface area contributed by atoms with Crippen LogP contribution in [0.3, 0.4) is 0 Å². The van der Waals surface area contributed by atoms with Gasteiger partial charge < -0.3 is 19.9 Å². The normalized spacial score (nSPS) is 21.0. The number of H-pyrrole nitrogens is 1. The Morgan fingerprint density at radius 2 is 2.29 bits per heavy atom. The highest BCUT2D eigenvalue weighted by atomic mass is 19.1. The highest BCUT2D eigenvalue weighted by Gasteiger charge is 2.36. The number of imidazole rings is 1. The average Bonchev–Trinajstić information content (AvgIpc) is 3.07. The highest BCUT2D eigenvalue weighted by Crippen LogP contribution is 2.19. The van der Waals surface area contributed by atoms with Gasteiger partial charge in [0, 0.05) is 6.04 Å². The number of carbonyl (C=O) groups excluding carboxylic acids is 1. The quantitative estimate of drug-likeness (QED) is 0.903. The van der Waals surface area contributed by atoms with E-state index in [4.69, 9.17) is 4.74 Å². The third-order valence-electron chi connectivity index (χ3n) is 4.02. The summed E-state index contributed by atoms with van der Waals surface area (Å²) in [6.07, 6.45) is -1.81. The number of amides is 2. The number of aromatic nitrogens is 2. The van der Waals surface area contributed by atoms with E-state index in [1.165, 1.54) is 4.90 Å². The summed E-state index contributed by atoms with van der Waals surface area (Å²) < 4.78 is 19.8. The second kappa shape index (κ2) is 6.76. The van der Waals surface area contributed by atoms with Gasteiger partial charge in [-0.3, -0.25) is 0 Å². The zero-order valence-electron chi connectivity index (χ0n) is 14.2. The van der Waals surface area contributed by atoms with Crippen molar-refractivity contribution in [1.82, 2.24) is 20.2 Å². The Hall–Kier alpha value is -2.15. The minimum absolute atomic E-state index is 0.0227. The lowest BCUT2D eigenvalue weighted by molar-refractivity contribution is 0.00950. The van der Waals surface area contributed by atoms with Crippen LogP contribution in [0.4, 0.5) is 9.18 Å². The Morgan fingerprint density at radius 1 is 1.50 bits per heavy atom. The fourth-order valence-electron chi connectivity index (χ4n) is 2.83. The topological polar surface area (TPSA) is 70.2 Å². The van der Waals surface area contributed by atoms with Crippen LogP contribution in [0.15, 0.2) is 18.2 Å². The Morgan fingerprint density at radius 3 is 3.04 bits per heavy atom. The summed E-state index contributed by atoms with van der Waals surface area (Å²) in [4.78, 5) is 21.0. The molecule has 3 rings (SSSR count). The molecule has 130 valence electrons. The van der Waals surface area contributed by atoms with Crippen LogP contribution in [0.2, 0.25) is 0 Å².